The van der Waals surface area contributed by atoms with E-state index in [9.17, 15) is 0 Å². The van der Waals surface area contributed by atoms with E-state index in [1.165, 1.54) is 49.7 Å². The number of hydrogen-bond donors (Lipinski definition) is 0. The lowest BCUT2D eigenvalue weighted by Crippen LogP contribution is -2.42. The monoisotopic (exact) mass is 624 g/mol. The molecule has 2 atom stereocenters. The molecule has 3 aromatic carbocycles. The minimum Gasteiger partial charge on any atom is -0.0642 e. The molecule has 0 N–H and O–H groups in total. The Kier molecular flexibility index (Phi) is 9.19. The van der Waals surface area contributed by atoms with Crippen LogP contribution < -0.4 is 0 Å². The molecular weight excluding hydrogens is 565 g/mol. The van der Waals surface area contributed by atoms with Crippen molar-refractivity contribution in [2.45, 2.75) is 155 Å². The van der Waals surface area contributed by atoms with Crippen molar-refractivity contribution in [3.05, 3.63) is 121 Å². The maximum atomic E-state index is 2.69. The fourth-order valence-electron chi connectivity index (χ4n) is 10.1. The van der Waals surface area contributed by atoms with E-state index in [2.05, 4.69) is 103 Å². The van der Waals surface area contributed by atoms with Gasteiger partial charge >= 0.3 is 0 Å². The van der Waals surface area contributed by atoms with Gasteiger partial charge in [-0.3, -0.25) is 0 Å². The molecule has 47 heavy (non-hydrogen) atoms. The average molecular weight is 625 g/mol. The molecule has 0 spiro atoms. The van der Waals surface area contributed by atoms with Crippen molar-refractivity contribution >= 4 is 5.57 Å². The highest BCUT2D eigenvalue weighted by Gasteiger charge is 2.54. The lowest BCUT2D eigenvalue weighted by molar-refractivity contribution is 0.433. The fraction of sp³-hybridized carbons (Fsp3) is 0.532. The van der Waals surface area contributed by atoms with Gasteiger partial charge in [0, 0.05) is 11.3 Å². The van der Waals surface area contributed by atoms with Crippen molar-refractivity contribution in [2.75, 3.05) is 0 Å². The lowest BCUT2D eigenvalue weighted by Gasteiger charge is -2.52. The molecular formula is C47H60. The second-order valence-corrected chi connectivity index (χ2v) is 15.3. The summed E-state index contributed by atoms with van der Waals surface area (Å²) in [6, 6.07) is 22.5. The normalized spacial score (nSPS) is 23.2. The summed E-state index contributed by atoms with van der Waals surface area (Å²) < 4.78 is 0. The molecule has 3 saturated carbocycles. The molecule has 0 aromatic heterocycles. The van der Waals surface area contributed by atoms with E-state index in [-0.39, 0.29) is 5.41 Å². The van der Waals surface area contributed by atoms with Gasteiger partial charge in [0.2, 0.25) is 0 Å². The smallest absolute Gasteiger partial charge is 0.0320 e. The third-order valence-corrected chi connectivity index (χ3v) is 12.6. The molecule has 4 aliphatic carbocycles. The number of rotatable bonds is 13. The Morgan fingerprint density at radius 3 is 1.70 bits per heavy atom. The minimum absolute atomic E-state index is 0.108. The van der Waals surface area contributed by atoms with E-state index in [0.717, 1.165) is 56.8 Å². The summed E-state index contributed by atoms with van der Waals surface area (Å²) in [4.78, 5) is 0. The Bertz CT molecular complexity index is 1660. The van der Waals surface area contributed by atoms with Crippen LogP contribution in [-0.4, -0.2) is 0 Å². The summed E-state index contributed by atoms with van der Waals surface area (Å²) in [5, 5.41) is 0. The molecule has 4 aliphatic rings. The van der Waals surface area contributed by atoms with E-state index in [1.807, 2.05) is 0 Å². The fourth-order valence-corrected chi connectivity index (χ4v) is 10.1. The van der Waals surface area contributed by atoms with E-state index in [1.54, 1.807) is 61.2 Å². The van der Waals surface area contributed by atoms with E-state index >= 15 is 0 Å². The Balaban J connectivity index is 1.68. The average Bonchev–Trinajstić information content (AvgIpc) is 3.95. The summed E-state index contributed by atoms with van der Waals surface area (Å²) in [7, 11) is 0. The molecule has 0 saturated heterocycles. The largest absolute Gasteiger partial charge is 0.0642 e. The second kappa shape index (κ2) is 13.2. The molecule has 248 valence electrons. The molecule has 0 heteroatoms. The van der Waals surface area contributed by atoms with Gasteiger partial charge in [0.15, 0.2) is 0 Å². The van der Waals surface area contributed by atoms with Gasteiger partial charge in [-0.2, -0.15) is 0 Å². The molecule has 7 rings (SSSR count). The Morgan fingerprint density at radius 1 is 0.596 bits per heavy atom. The summed E-state index contributed by atoms with van der Waals surface area (Å²) >= 11 is 0. The van der Waals surface area contributed by atoms with Gasteiger partial charge < -0.3 is 0 Å². The highest BCUT2D eigenvalue weighted by atomic mass is 14.6. The van der Waals surface area contributed by atoms with Crippen LogP contribution >= 0.6 is 0 Å². The van der Waals surface area contributed by atoms with Gasteiger partial charge in [0.25, 0.3) is 0 Å². The molecule has 0 radical (unpaired) electrons. The first-order valence-electron chi connectivity index (χ1n) is 19.8. The molecule has 2 unspecified atom stereocenters. The van der Waals surface area contributed by atoms with Crippen LogP contribution in [0.3, 0.4) is 0 Å². The van der Waals surface area contributed by atoms with E-state index < -0.39 is 0 Å². The number of aryl methyl sites for hydroxylation is 4. The standard InChI is InChI=1S/C47H60/c1-8-30-26-31(9-2)42(41(27-30)35-22-23-35)46-40(13-6)39(12-5)43(36-24-25-36)45(37-18-16-15-17-19-37)47(46,14-7)44-32(10-3)28-38(34-20-21-34)29-33(44)11-4/h15-19,26-29,34-36,46H,8-14,20-25H2,1-7H3. The maximum absolute atomic E-state index is 2.69. The molecule has 0 nitrogen and oxygen atoms in total. The number of benzene rings is 3. The van der Waals surface area contributed by atoms with Crippen LogP contribution in [0.15, 0.2) is 71.3 Å². The van der Waals surface area contributed by atoms with Crippen molar-refractivity contribution in [3.8, 4) is 0 Å². The van der Waals surface area contributed by atoms with E-state index in [0.29, 0.717) is 11.8 Å². The van der Waals surface area contributed by atoms with Crippen molar-refractivity contribution in [1.29, 1.82) is 0 Å². The van der Waals surface area contributed by atoms with E-state index in [4.69, 9.17) is 0 Å². The van der Waals surface area contributed by atoms with Crippen molar-refractivity contribution in [2.24, 2.45) is 5.92 Å². The van der Waals surface area contributed by atoms with Gasteiger partial charge in [-0.05, 0) is 168 Å². The lowest BCUT2D eigenvalue weighted by atomic mass is 9.50. The first-order valence-corrected chi connectivity index (χ1v) is 19.8. The molecule has 0 aliphatic heterocycles. The Hall–Kier alpha value is -2.86. The molecule has 3 aromatic rings. The van der Waals surface area contributed by atoms with Crippen LogP contribution in [0.1, 0.15) is 174 Å². The zero-order chi connectivity index (χ0) is 32.9. The van der Waals surface area contributed by atoms with Gasteiger partial charge in [0.1, 0.15) is 0 Å². The van der Waals surface area contributed by atoms with Crippen LogP contribution in [0.2, 0.25) is 0 Å². The van der Waals surface area contributed by atoms with Crippen molar-refractivity contribution in [1.82, 2.24) is 0 Å². The molecule has 3 fully saturated rings. The first kappa shape index (κ1) is 32.7. The molecule has 0 bridgehead atoms. The van der Waals surface area contributed by atoms with Crippen LogP contribution in [-0.2, 0) is 31.1 Å². The maximum Gasteiger partial charge on any atom is 0.0320 e. The van der Waals surface area contributed by atoms with Crippen LogP contribution in [0.4, 0.5) is 0 Å². The minimum atomic E-state index is -0.108. The topological polar surface area (TPSA) is 0 Å². The zero-order valence-electron chi connectivity index (χ0n) is 30.7. The molecule has 0 amide bonds. The third kappa shape index (κ3) is 5.51. The van der Waals surface area contributed by atoms with Crippen LogP contribution in [0.5, 0.6) is 0 Å². The highest BCUT2D eigenvalue weighted by molar-refractivity contribution is 5.87. The van der Waals surface area contributed by atoms with Gasteiger partial charge in [-0.1, -0.05) is 109 Å². The van der Waals surface area contributed by atoms with Gasteiger partial charge in [0.05, 0.1) is 0 Å². The predicted molar refractivity (Wildman–Crippen MR) is 203 cm³/mol. The Labute approximate surface area is 287 Å². The number of hydrogen-bond acceptors (Lipinski definition) is 0. The van der Waals surface area contributed by atoms with Gasteiger partial charge in [-0.25, -0.2) is 0 Å². The third-order valence-electron chi connectivity index (χ3n) is 12.6. The first-order chi connectivity index (χ1) is 23.0. The van der Waals surface area contributed by atoms with Crippen LogP contribution in [0, 0.1) is 5.92 Å². The summed E-state index contributed by atoms with van der Waals surface area (Å²) in [6.45, 7) is 17.2. The highest BCUT2D eigenvalue weighted by Crippen LogP contribution is 2.66. The number of allylic oxidation sites excluding steroid dienone is 4. The van der Waals surface area contributed by atoms with Crippen molar-refractivity contribution in [3.63, 3.8) is 0 Å². The predicted octanol–water partition coefficient (Wildman–Crippen LogP) is 13.1. The van der Waals surface area contributed by atoms with Crippen molar-refractivity contribution < 1.29 is 0 Å². The van der Waals surface area contributed by atoms with Gasteiger partial charge in [-0.15, -0.1) is 0 Å². The quantitative estimate of drug-likeness (QED) is 0.177. The molecule has 0 heterocycles. The SMILES string of the molecule is CCC1=C(CC)C(c2c(CC)cc(CC)cc2C2CC2)C(CC)(c2c(CC)cc(C3CC3)cc2CC)C(c2ccccc2)=C1C1CC1. The Morgan fingerprint density at radius 2 is 1.21 bits per heavy atom. The second-order valence-electron chi connectivity index (χ2n) is 15.3. The summed E-state index contributed by atoms with van der Waals surface area (Å²) in [5.74, 6) is 2.56. The van der Waals surface area contributed by atoms with Crippen LogP contribution in [0.25, 0.3) is 5.57 Å². The summed E-state index contributed by atoms with van der Waals surface area (Å²) in [5.41, 5.74) is 21.5. The summed E-state index contributed by atoms with van der Waals surface area (Å²) in [6.07, 6.45) is 16.0. The zero-order valence-corrected chi connectivity index (χ0v) is 30.7.